The summed E-state index contributed by atoms with van der Waals surface area (Å²) in [5, 5.41) is 0. The van der Waals surface area contributed by atoms with Gasteiger partial charge in [-0.1, -0.05) is 12.8 Å². The number of amides is 2. The lowest BCUT2D eigenvalue weighted by atomic mass is 10.0. The Hall–Kier alpha value is -2.24. The summed E-state index contributed by atoms with van der Waals surface area (Å²) in [4.78, 5) is 29.6. The molecule has 1 saturated heterocycles. The topological polar surface area (TPSA) is 59.1 Å². The highest BCUT2D eigenvalue weighted by molar-refractivity contribution is 6.00. The molecule has 0 N–H and O–H groups in total. The summed E-state index contributed by atoms with van der Waals surface area (Å²) < 4.78 is 10.6. The lowest BCUT2D eigenvalue weighted by Gasteiger charge is -2.34. The molecular formula is C21H30N2O4. The van der Waals surface area contributed by atoms with Gasteiger partial charge in [0.2, 0.25) is 11.8 Å². The van der Waals surface area contributed by atoms with Gasteiger partial charge in [-0.2, -0.15) is 0 Å². The van der Waals surface area contributed by atoms with Crippen LogP contribution in [-0.2, 0) is 9.59 Å². The molecule has 6 nitrogen and oxygen atoms in total. The highest BCUT2D eigenvalue weighted by atomic mass is 16.5. The number of anilines is 1. The van der Waals surface area contributed by atoms with Gasteiger partial charge in [0.05, 0.1) is 20.1 Å². The Labute approximate surface area is 161 Å². The van der Waals surface area contributed by atoms with Gasteiger partial charge < -0.3 is 19.3 Å². The molecule has 1 heterocycles. The first-order chi connectivity index (χ1) is 13.0. The van der Waals surface area contributed by atoms with Crippen LogP contribution in [0.4, 0.5) is 5.69 Å². The van der Waals surface area contributed by atoms with E-state index in [-0.39, 0.29) is 30.2 Å². The molecule has 1 atom stereocenters. The summed E-state index contributed by atoms with van der Waals surface area (Å²) in [7, 11) is 3.15. The number of hydrogen-bond donors (Lipinski definition) is 0. The second-order valence-corrected chi connectivity index (χ2v) is 7.72. The van der Waals surface area contributed by atoms with Crippen LogP contribution in [-0.4, -0.2) is 49.6 Å². The minimum Gasteiger partial charge on any atom is -0.493 e. The van der Waals surface area contributed by atoms with Crippen LogP contribution in [0.15, 0.2) is 18.2 Å². The molecule has 1 aliphatic heterocycles. The fraction of sp³-hybridized carbons (Fsp3) is 0.619. The Bertz CT molecular complexity index is 697. The van der Waals surface area contributed by atoms with E-state index in [1.54, 1.807) is 31.3 Å². The minimum absolute atomic E-state index is 0.0179. The summed E-state index contributed by atoms with van der Waals surface area (Å²) in [6.07, 6.45) is 4.78. The van der Waals surface area contributed by atoms with Crippen LogP contribution in [0.5, 0.6) is 11.5 Å². The smallest absolute Gasteiger partial charge is 0.228 e. The molecular weight excluding hydrogens is 344 g/mol. The van der Waals surface area contributed by atoms with E-state index in [0.717, 1.165) is 18.5 Å². The standard InChI is InChI=1S/C21H30N2O4/c1-14(2)23(16-7-5-6-8-16)21(25)15-11-20(24)22(13-15)17-9-10-18(26-3)19(12-17)27-4/h9-10,12,14-16H,5-8,11,13H2,1-4H3. The number of rotatable bonds is 6. The highest BCUT2D eigenvalue weighted by Gasteiger charge is 2.40. The molecule has 6 heteroatoms. The van der Waals surface area contributed by atoms with Gasteiger partial charge in [-0.3, -0.25) is 9.59 Å². The molecule has 2 aliphatic rings. The second kappa shape index (κ2) is 8.19. The van der Waals surface area contributed by atoms with Gasteiger partial charge in [-0.15, -0.1) is 0 Å². The Morgan fingerprint density at radius 1 is 1.15 bits per heavy atom. The summed E-state index contributed by atoms with van der Waals surface area (Å²) in [5.41, 5.74) is 0.741. The van der Waals surface area contributed by atoms with Gasteiger partial charge in [0, 0.05) is 36.8 Å². The van der Waals surface area contributed by atoms with E-state index in [1.807, 2.05) is 11.0 Å². The van der Waals surface area contributed by atoms with Crippen molar-refractivity contribution in [2.45, 2.75) is 58.0 Å². The number of nitrogens with zero attached hydrogens (tertiary/aromatic N) is 2. The molecule has 1 unspecified atom stereocenters. The van der Waals surface area contributed by atoms with E-state index in [0.29, 0.717) is 24.1 Å². The van der Waals surface area contributed by atoms with E-state index >= 15 is 0 Å². The largest absolute Gasteiger partial charge is 0.493 e. The molecule has 1 aromatic rings. The number of ether oxygens (including phenoxy) is 2. The summed E-state index contributed by atoms with van der Waals surface area (Å²) in [6.45, 7) is 4.56. The fourth-order valence-electron chi connectivity index (χ4n) is 4.36. The zero-order valence-corrected chi connectivity index (χ0v) is 16.7. The van der Waals surface area contributed by atoms with Crippen LogP contribution in [0.2, 0.25) is 0 Å². The third-order valence-electron chi connectivity index (χ3n) is 5.68. The molecule has 0 spiro atoms. The van der Waals surface area contributed by atoms with Crippen LogP contribution in [0.25, 0.3) is 0 Å². The van der Waals surface area contributed by atoms with Gasteiger partial charge >= 0.3 is 0 Å². The predicted octanol–water partition coefficient (Wildman–Crippen LogP) is 3.24. The van der Waals surface area contributed by atoms with Crippen LogP contribution in [0.3, 0.4) is 0 Å². The first-order valence-corrected chi connectivity index (χ1v) is 9.80. The number of benzene rings is 1. The molecule has 148 valence electrons. The SMILES string of the molecule is COc1ccc(N2CC(C(=O)N(C(C)C)C3CCCC3)CC2=O)cc1OC. The zero-order chi connectivity index (χ0) is 19.6. The number of carbonyl (C=O) groups excluding carboxylic acids is 2. The van der Waals surface area contributed by atoms with Crippen molar-refractivity contribution in [1.82, 2.24) is 4.90 Å². The maximum atomic E-state index is 13.2. The Morgan fingerprint density at radius 3 is 2.41 bits per heavy atom. The molecule has 27 heavy (non-hydrogen) atoms. The predicted molar refractivity (Wildman–Crippen MR) is 104 cm³/mol. The second-order valence-electron chi connectivity index (χ2n) is 7.72. The summed E-state index contributed by atoms with van der Waals surface area (Å²) in [5.74, 6) is 1.01. The number of methoxy groups -OCH3 is 2. The van der Waals surface area contributed by atoms with Gasteiger partial charge in [0.1, 0.15) is 0 Å². The average Bonchev–Trinajstić information content (AvgIpc) is 3.31. The minimum atomic E-state index is -0.284. The van der Waals surface area contributed by atoms with Crippen LogP contribution in [0.1, 0.15) is 46.0 Å². The van der Waals surface area contributed by atoms with Gasteiger partial charge in [0.25, 0.3) is 0 Å². The maximum absolute atomic E-state index is 13.2. The fourth-order valence-corrected chi connectivity index (χ4v) is 4.36. The van der Waals surface area contributed by atoms with E-state index in [1.165, 1.54) is 12.8 Å². The molecule has 1 aromatic carbocycles. The van der Waals surface area contributed by atoms with E-state index in [2.05, 4.69) is 13.8 Å². The van der Waals surface area contributed by atoms with Crippen molar-refractivity contribution in [2.24, 2.45) is 5.92 Å². The van der Waals surface area contributed by atoms with Crippen molar-refractivity contribution < 1.29 is 19.1 Å². The van der Waals surface area contributed by atoms with Crippen molar-refractivity contribution in [3.63, 3.8) is 0 Å². The van der Waals surface area contributed by atoms with Crippen molar-refractivity contribution in [3.8, 4) is 11.5 Å². The third kappa shape index (κ3) is 3.89. The van der Waals surface area contributed by atoms with Crippen molar-refractivity contribution in [1.29, 1.82) is 0 Å². The Morgan fingerprint density at radius 2 is 1.81 bits per heavy atom. The lowest BCUT2D eigenvalue weighted by molar-refractivity contribution is -0.140. The van der Waals surface area contributed by atoms with Gasteiger partial charge in [-0.05, 0) is 38.8 Å². The highest BCUT2D eigenvalue weighted by Crippen LogP contribution is 2.35. The average molecular weight is 374 g/mol. The Balaban J connectivity index is 1.77. The van der Waals surface area contributed by atoms with E-state index < -0.39 is 0 Å². The summed E-state index contributed by atoms with van der Waals surface area (Å²) >= 11 is 0. The number of hydrogen-bond acceptors (Lipinski definition) is 4. The lowest BCUT2D eigenvalue weighted by Crippen LogP contribution is -2.47. The van der Waals surface area contributed by atoms with E-state index in [9.17, 15) is 9.59 Å². The third-order valence-corrected chi connectivity index (χ3v) is 5.68. The van der Waals surface area contributed by atoms with Crippen molar-refractivity contribution in [3.05, 3.63) is 18.2 Å². The zero-order valence-electron chi connectivity index (χ0n) is 16.7. The van der Waals surface area contributed by atoms with Crippen LogP contribution in [0, 0.1) is 5.92 Å². The van der Waals surface area contributed by atoms with Crippen LogP contribution < -0.4 is 14.4 Å². The molecule has 3 rings (SSSR count). The summed E-state index contributed by atoms with van der Waals surface area (Å²) in [6, 6.07) is 5.90. The molecule has 2 fully saturated rings. The molecule has 1 aliphatic carbocycles. The van der Waals surface area contributed by atoms with Crippen molar-refractivity contribution >= 4 is 17.5 Å². The molecule has 2 amide bonds. The maximum Gasteiger partial charge on any atom is 0.228 e. The van der Waals surface area contributed by atoms with E-state index in [4.69, 9.17) is 9.47 Å². The first kappa shape index (κ1) is 19.5. The molecule has 0 aromatic heterocycles. The first-order valence-electron chi connectivity index (χ1n) is 9.80. The molecule has 0 bridgehead atoms. The van der Waals surface area contributed by atoms with Crippen molar-refractivity contribution in [2.75, 3.05) is 25.7 Å². The van der Waals surface area contributed by atoms with Gasteiger partial charge in [-0.25, -0.2) is 0 Å². The quantitative estimate of drug-likeness (QED) is 0.767. The monoisotopic (exact) mass is 374 g/mol. The normalized spacial score (nSPS) is 20.4. The van der Waals surface area contributed by atoms with Crippen LogP contribution >= 0.6 is 0 Å². The number of carbonyl (C=O) groups is 2. The molecule has 0 radical (unpaired) electrons. The Kier molecular flexibility index (Phi) is 5.92. The molecule has 1 saturated carbocycles. The van der Waals surface area contributed by atoms with Gasteiger partial charge in [0.15, 0.2) is 11.5 Å².